The van der Waals surface area contributed by atoms with E-state index in [4.69, 9.17) is 30.4 Å². The molecule has 0 spiro atoms. The van der Waals surface area contributed by atoms with Crippen LogP contribution < -0.4 is 30.4 Å². The van der Waals surface area contributed by atoms with Gasteiger partial charge in [-0.15, -0.1) is 0 Å². The second-order valence-electron chi connectivity index (χ2n) is 9.21. The summed E-state index contributed by atoms with van der Waals surface area (Å²) < 4.78 is 21.2. The molecule has 2 aromatic rings. The number of benzene rings is 2. The maximum absolute atomic E-state index is 6.14. The first-order chi connectivity index (χ1) is 18.5. The fraction of sp³-hybridized carbons (Fsp3) is 0.533. The Bertz CT molecular complexity index is 942. The van der Waals surface area contributed by atoms with Crippen LogP contribution in [0.4, 0.5) is 0 Å². The lowest BCUT2D eigenvalue weighted by Crippen LogP contribution is -2.14. The van der Waals surface area contributed by atoms with Gasteiger partial charge in [-0.05, 0) is 49.2 Å². The molecule has 0 heterocycles. The van der Waals surface area contributed by atoms with Crippen molar-refractivity contribution in [2.45, 2.75) is 64.2 Å². The highest BCUT2D eigenvalue weighted by Gasteiger charge is 2.08. The number of nitrogens with zero attached hydrogens (tertiary/aromatic N) is 2. The highest BCUT2D eigenvalue weighted by atomic mass is 16.5. The fourth-order valence-corrected chi connectivity index (χ4v) is 4.21. The van der Waals surface area contributed by atoms with Gasteiger partial charge >= 0.3 is 0 Å². The van der Waals surface area contributed by atoms with Gasteiger partial charge in [0.05, 0.1) is 28.4 Å². The molecule has 0 bridgehead atoms. The average molecular weight is 527 g/mol. The number of methoxy groups -OCH3 is 4. The van der Waals surface area contributed by atoms with E-state index in [1.54, 1.807) is 28.4 Å². The topological polar surface area (TPSA) is 114 Å². The molecule has 0 aliphatic heterocycles. The van der Waals surface area contributed by atoms with E-state index in [2.05, 4.69) is 9.98 Å². The number of amidine groups is 2. The third kappa shape index (κ3) is 10.5. The molecular weight excluding hydrogens is 480 g/mol. The molecule has 2 rings (SSSR count). The van der Waals surface area contributed by atoms with Gasteiger partial charge in [0.1, 0.15) is 11.7 Å². The molecule has 0 saturated carbocycles. The third-order valence-electron chi connectivity index (χ3n) is 6.49. The van der Waals surface area contributed by atoms with Crippen LogP contribution in [0.1, 0.15) is 75.3 Å². The summed E-state index contributed by atoms with van der Waals surface area (Å²) in [5.41, 5.74) is 14.0. The molecule has 0 radical (unpaired) electrons. The van der Waals surface area contributed by atoms with E-state index in [0.29, 0.717) is 34.7 Å². The number of hydrogen-bond donors (Lipinski definition) is 2. The van der Waals surface area contributed by atoms with Gasteiger partial charge in [0.15, 0.2) is 23.0 Å². The van der Waals surface area contributed by atoms with Crippen LogP contribution >= 0.6 is 0 Å². The molecule has 0 unspecified atom stereocenters. The summed E-state index contributed by atoms with van der Waals surface area (Å²) in [5, 5.41) is 0. The first kappa shape index (κ1) is 30.8. The molecule has 8 nitrogen and oxygen atoms in total. The molecule has 8 heteroatoms. The van der Waals surface area contributed by atoms with Gasteiger partial charge in [-0.3, -0.25) is 9.98 Å². The summed E-state index contributed by atoms with van der Waals surface area (Å²) in [5.74, 6) is 3.78. The second-order valence-corrected chi connectivity index (χ2v) is 9.21. The number of rotatable bonds is 19. The highest BCUT2D eigenvalue weighted by molar-refractivity contribution is 5.98. The Morgan fingerprint density at radius 1 is 0.500 bits per heavy atom. The minimum absolute atomic E-state index is 0.542. The quantitative estimate of drug-likeness (QED) is 0.137. The molecule has 0 atom stereocenters. The van der Waals surface area contributed by atoms with E-state index in [-0.39, 0.29) is 0 Å². The average Bonchev–Trinajstić information content (AvgIpc) is 2.96. The lowest BCUT2D eigenvalue weighted by molar-refractivity contribution is 0.355. The van der Waals surface area contributed by atoms with Gasteiger partial charge < -0.3 is 30.4 Å². The smallest absolute Gasteiger partial charge is 0.161 e. The monoisotopic (exact) mass is 526 g/mol. The van der Waals surface area contributed by atoms with Gasteiger partial charge in [0.2, 0.25) is 0 Å². The molecule has 0 saturated heterocycles. The van der Waals surface area contributed by atoms with Crippen LogP contribution in [0.15, 0.2) is 46.4 Å². The number of unbranched alkanes of at least 4 members (excludes halogenated alkanes) is 9. The van der Waals surface area contributed by atoms with Crippen LogP contribution in [0.25, 0.3) is 0 Å². The van der Waals surface area contributed by atoms with Gasteiger partial charge in [-0.1, -0.05) is 51.4 Å². The number of aliphatic imine (C=N–C) groups is 2. The standard InChI is InChI=1S/C30H46N4O4/c1-35-25-17-15-23(21-27(25)37-3)29(31)33-19-13-11-9-7-5-6-8-10-12-14-20-34-30(32)24-16-18-26(36-2)28(22-24)38-4/h15-18,21-22H,5-14,19-20H2,1-4H3,(H2,31,33)(H2,32,34). The number of hydrogen-bond acceptors (Lipinski definition) is 6. The first-order valence-electron chi connectivity index (χ1n) is 13.6. The van der Waals surface area contributed by atoms with Crippen LogP contribution in [0.5, 0.6) is 23.0 Å². The van der Waals surface area contributed by atoms with Crippen molar-refractivity contribution in [3.05, 3.63) is 47.5 Å². The van der Waals surface area contributed by atoms with Crippen LogP contribution in [0.3, 0.4) is 0 Å². The van der Waals surface area contributed by atoms with E-state index in [1.807, 2.05) is 36.4 Å². The van der Waals surface area contributed by atoms with Crippen LogP contribution in [-0.2, 0) is 0 Å². The SMILES string of the molecule is COc1ccc(C(N)=NCCCCCCCCCCCCN=C(N)c2ccc(OC)c(OC)c2)cc1OC. The van der Waals surface area contributed by atoms with Crippen molar-refractivity contribution in [3.8, 4) is 23.0 Å². The van der Waals surface area contributed by atoms with Gasteiger partial charge in [0, 0.05) is 24.2 Å². The third-order valence-corrected chi connectivity index (χ3v) is 6.49. The summed E-state index contributed by atoms with van der Waals surface area (Å²) >= 11 is 0. The molecule has 0 amide bonds. The number of ether oxygens (including phenoxy) is 4. The minimum Gasteiger partial charge on any atom is -0.493 e. The molecule has 38 heavy (non-hydrogen) atoms. The van der Waals surface area contributed by atoms with Gasteiger partial charge in [-0.2, -0.15) is 0 Å². The summed E-state index contributed by atoms with van der Waals surface area (Å²) in [4.78, 5) is 9.04. The predicted octanol–water partition coefficient (Wildman–Crippen LogP) is 5.73. The van der Waals surface area contributed by atoms with Crippen molar-refractivity contribution < 1.29 is 18.9 Å². The van der Waals surface area contributed by atoms with Gasteiger partial charge in [0.25, 0.3) is 0 Å². The van der Waals surface area contributed by atoms with Crippen LogP contribution in [0.2, 0.25) is 0 Å². The molecule has 2 aromatic carbocycles. The van der Waals surface area contributed by atoms with Gasteiger partial charge in [-0.25, -0.2) is 0 Å². The highest BCUT2D eigenvalue weighted by Crippen LogP contribution is 2.28. The van der Waals surface area contributed by atoms with Crippen LogP contribution in [-0.4, -0.2) is 53.2 Å². The fourth-order valence-electron chi connectivity index (χ4n) is 4.21. The molecule has 0 aliphatic carbocycles. The Labute approximate surface area is 228 Å². The van der Waals surface area contributed by atoms with E-state index in [0.717, 1.165) is 37.1 Å². The van der Waals surface area contributed by atoms with Crippen molar-refractivity contribution in [3.63, 3.8) is 0 Å². The zero-order valence-corrected chi connectivity index (χ0v) is 23.6. The van der Waals surface area contributed by atoms with Crippen molar-refractivity contribution in [2.75, 3.05) is 41.5 Å². The van der Waals surface area contributed by atoms with E-state index in [1.165, 1.54) is 51.4 Å². The Hall–Kier alpha value is -3.42. The lowest BCUT2D eigenvalue weighted by atomic mass is 10.1. The zero-order valence-electron chi connectivity index (χ0n) is 23.6. The first-order valence-corrected chi connectivity index (χ1v) is 13.6. The van der Waals surface area contributed by atoms with Crippen molar-refractivity contribution in [2.24, 2.45) is 21.5 Å². The molecule has 0 aliphatic rings. The molecular formula is C30H46N4O4. The van der Waals surface area contributed by atoms with E-state index >= 15 is 0 Å². The predicted molar refractivity (Wildman–Crippen MR) is 156 cm³/mol. The van der Waals surface area contributed by atoms with Crippen molar-refractivity contribution >= 4 is 11.7 Å². The van der Waals surface area contributed by atoms with Crippen molar-refractivity contribution in [1.82, 2.24) is 0 Å². The molecule has 0 fully saturated rings. The molecule has 210 valence electrons. The molecule has 4 N–H and O–H groups in total. The summed E-state index contributed by atoms with van der Waals surface area (Å²) in [7, 11) is 6.47. The second kappa shape index (κ2) is 17.9. The van der Waals surface area contributed by atoms with Crippen LogP contribution in [0, 0.1) is 0 Å². The van der Waals surface area contributed by atoms with Crippen molar-refractivity contribution in [1.29, 1.82) is 0 Å². The zero-order chi connectivity index (χ0) is 27.6. The normalized spacial score (nSPS) is 11.9. The maximum atomic E-state index is 6.14. The Morgan fingerprint density at radius 2 is 0.816 bits per heavy atom. The van der Waals surface area contributed by atoms with E-state index in [9.17, 15) is 0 Å². The molecule has 0 aromatic heterocycles. The summed E-state index contributed by atoms with van der Waals surface area (Å²) in [6.45, 7) is 1.50. The number of nitrogens with two attached hydrogens (primary N) is 2. The Morgan fingerprint density at radius 3 is 1.13 bits per heavy atom. The Balaban J connectivity index is 1.49. The lowest BCUT2D eigenvalue weighted by Gasteiger charge is -2.09. The maximum Gasteiger partial charge on any atom is 0.161 e. The largest absolute Gasteiger partial charge is 0.493 e. The summed E-state index contributed by atoms with van der Waals surface area (Å²) in [6.07, 6.45) is 12.1. The van der Waals surface area contributed by atoms with E-state index < -0.39 is 0 Å². The summed E-state index contributed by atoms with van der Waals surface area (Å²) in [6, 6.07) is 11.2. The minimum atomic E-state index is 0.542. The Kier molecular flexibility index (Phi) is 14.5.